The maximum absolute atomic E-state index is 6.21. The lowest BCUT2D eigenvalue weighted by Gasteiger charge is -2.18. The molecule has 1 heterocycles. The van der Waals surface area contributed by atoms with Gasteiger partial charge in [-0.25, -0.2) is 4.98 Å². The molecule has 1 atom stereocenters. The zero-order chi connectivity index (χ0) is 12.3. The molecule has 0 radical (unpaired) electrons. The molecule has 1 aromatic heterocycles. The summed E-state index contributed by atoms with van der Waals surface area (Å²) in [6.07, 6.45) is 10.8. The molecule has 2 N–H and O–H groups in total. The molecule has 0 amide bonds. The summed E-state index contributed by atoms with van der Waals surface area (Å²) in [6.45, 7) is 5.42. The van der Waals surface area contributed by atoms with E-state index in [1.165, 1.54) is 37.8 Å². The lowest BCUT2D eigenvalue weighted by Crippen LogP contribution is -2.20. The van der Waals surface area contributed by atoms with E-state index in [0.717, 1.165) is 12.5 Å². The third kappa shape index (κ3) is 3.09. The lowest BCUT2D eigenvalue weighted by atomic mass is 10.0. The molecule has 0 bridgehead atoms. The van der Waals surface area contributed by atoms with Crippen molar-refractivity contribution in [2.24, 2.45) is 17.6 Å². The standard InChI is InChI=1S/C14H25N3/c1-11(2)14(15)13-9-16-10-17(13)8-7-12-5-3-4-6-12/h9-12,14H,3-8,15H2,1-2H3. The molecule has 2 rings (SSSR count). The summed E-state index contributed by atoms with van der Waals surface area (Å²) >= 11 is 0. The minimum Gasteiger partial charge on any atom is -0.333 e. The number of nitrogens with zero attached hydrogens (tertiary/aromatic N) is 2. The second kappa shape index (κ2) is 5.67. The molecule has 1 fully saturated rings. The molecular weight excluding hydrogens is 210 g/mol. The van der Waals surface area contributed by atoms with Gasteiger partial charge in [-0.2, -0.15) is 0 Å². The number of rotatable bonds is 5. The van der Waals surface area contributed by atoms with Crippen LogP contribution in [0.25, 0.3) is 0 Å². The maximum Gasteiger partial charge on any atom is 0.0948 e. The van der Waals surface area contributed by atoms with Crippen LogP contribution in [0.15, 0.2) is 12.5 Å². The third-order valence-electron chi connectivity index (χ3n) is 4.06. The first kappa shape index (κ1) is 12.6. The number of imidazole rings is 1. The van der Waals surface area contributed by atoms with E-state index in [1.807, 2.05) is 12.5 Å². The molecule has 1 aliphatic carbocycles. The highest BCUT2D eigenvalue weighted by molar-refractivity contribution is 5.05. The molecule has 1 aliphatic rings. The van der Waals surface area contributed by atoms with Crippen LogP contribution in [0.4, 0.5) is 0 Å². The average Bonchev–Trinajstić information content (AvgIpc) is 2.96. The summed E-state index contributed by atoms with van der Waals surface area (Å²) in [7, 11) is 0. The van der Waals surface area contributed by atoms with Gasteiger partial charge in [-0.1, -0.05) is 39.5 Å². The lowest BCUT2D eigenvalue weighted by molar-refractivity contribution is 0.429. The fourth-order valence-electron chi connectivity index (χ4n) is 2.76. The zero-order valence-electron chi connectivity index (χ0n) is 11.1. The Labute approximate surface area is 104 Å². The van der Waals surface area contributed by atoms with Gasteiger partial charge in [0.1, 0.15) is 0 Å². The molecule has 17 heavy (non-hydrogen) atoms. The zero-order valence-corrected chi connectivity index (χ0v) is 11.1. The van der Waals surface area contributed by atoms with Gasteiger partial charge in [0.25, 0.3) is 0 Å². The van der Waals surface area contributed by atoms with E-state index in [2.05, 4.69) is 23.4 Å². The van der Waals surface area contributed by atoms with Gasteiger partial charge in [0.05, 0.1) is 12.0 Å². The average molecular weight is 235 g/mol. The molecule has 3 heteroatoms. The van der Waals surface area contributed by atoms with Gasteiger partial charge < -0.3 is 10.3 Å². The molecule has 96 valence electrons. The van der Waals surface area contributed by atoms with Crippen molar-refractivity contribution < 1.29 is 0 Å². The van der Waals surface area contributed by atoms with Crippen molar-refractivity contribution in [3.05, 3.63) is 18.2 Å². The van der Waals surface area contributed by atoms with Crippen LogP contribution in [0.1, 0.15) is 57.7 Å². The Kier molecular flexibility index (Phi) is 4.21. The van der Waals surface area contributed by atoms with E-state index >= 15 is 0 Å². The number of hydrogen-bond donors (Lipinski definition) is 1. The topological polar surface area (TPSA) is 43.8 Å². The molecular formula is C14H25N3. The molecule has 1 saturated carbocycles. The Balaban J connectivity index is 1.93. The normalized spacial score (nSPS) is 19.1. The predicted octanol–water partition coefficient (Wildman–Crippen LogP) is 3.12. The van der Waals surface area contributed by atoms with Crippen molar-refractivity contribution in [2.75, 3.05) is 0 Å². The Morgan fingerprint density at radius 3 is 2.76 bits per heavy atom. The van der Waals surface area contributed by atoms with Crippen molar-refractivity contribution >= 4 is 0 Å². The fourth-order valence-corrected chi connectivity index (χ4v) is 2.76. The number of nitrogens with two attached hydrogens (primary N) is 1. The van der Waals surface area contributed by atoms with Crippen LogP contribution in [0.3, 0.4) is 0 Å². The SMILES string of the molecule is CC(C)C(N)c1cncn1CCC1CCCC1. The van der Waals surface area contributed by atoms with Crippen LogP contribution in [-0.2, 0) is 6.54 Å². The fraction of sp³-hybridized carbons (Fsp3) is 0.786. The minimum atomic E-state index is 0.112. The van der Waals surface area contributed by atoms with Crippen LogP contribution in [0.2, 0.25) is 0 Å². The van der Waals surface area contributed by atoms with Gasteiger partial charge in [0.2, 0.25) is 0 Å². The Bertz CT molecular complexity index is 337. The van der Waals surface area contributed by atoms with Crippen molar-refractivity contribution in [1.29, 1.82) is 0 Å². The molecule has 1 unspecified atom stereocenters. The predicted molar refractivity (Wildman–Crippen MR) is 70.6 cm³/mol. The Morgan fingerprint density at radius 2 is 2.12 bits per heavy atom. The van der Waals surface area contributed by atoms with Gasteiger partial charge in [0, 0.05) is 18.8 Å². The van der Waals surface area contributed by atoms with Crippen molar-refractivity contribution in [3.8, 4) is 0 Å². The first-order valence-corrected chi connectivity index (χ1v) is 6.94. The summed E-state index contributed by atoms with van der Waals surface area (Å²) in [5.41, 5.74) is 7.40. The van der Waals surface area contributed by atoms with Crippen molar-refractivity contribution in [3.63, 3.8) is 0 Å². The largest absolute Gasteiger partial charge is 0.333 e. The van der Waals surface area contributed by atoms with E-state index in [-0.39, 0.29) is 6.04 Å². The monoisotopic (exact) mass is 235 g/mol. The van der Waals surface area contributed by atoms with Gasteiger partial charge in [0.15, 0.2) is 0 Å². The summed E-state index contributed by atoms with van der Waals surface area (Å²) in [5.74, 6) is 1.40. The number of aromatic nitrogens is 2. The first-order chi connectivity index (χ1) is 8.18. The highest BCUT2D eigenvalue weighted by atomic mass is 15.1. The van der Waals surface area contributed by atoms with Crippen LogP contribution in [-0.4, -0.2) is 9.55 Å². The van der Waals surface area contributed by atoms with Gasteiger partial charge >= 0.3 is 0 Å². The first-order valence-electron chi connectivity index (χ1n) is 6.94. The molecule has 1 aromatic rings. The van der Waals surface area contributed by atoms with Crippen LogP contribution in [0, 0.1) is 11.8 Å². The van der Waals surface area contributed by atoms with Gasteiger partial charge in [-0.15, -0.1) is 0 Å². The van der Waals surface area contributed by atoms with Gasteiger partial charge in [-0.3, -0.25) is 0 Å². The molecule has 0 spiro atoms. The molecule has 0 saturated heterocycles. The molecule has 0 aliphatic heterocycles. The van der Waals surface area contributed by atoms with Crippen molar-refractivity contribution in [1.82, 2.24) is 9.55 Å². The highest BCUT2D eigenvalue weighted by Crippen LogP contribution is 2.28. The second-order valence-electron chi connectivity index (χ2n) is 5.72. The summed E-state index contributed by atoms with van der Waals surface area (Å²) in [6, 6.07) is 0.112. The Hall–Kier alpha value is -0.830. The Morgan fingerprint density at radius 1 is 1.41 bits per heavy atom. The van der Waals surface area contributed by atoms with E-state index in [0.29, 0.717) is 5.92 Å². The van der Waals surface area contributed by atoms with Crippen LogP contribution < -0.4 is 5.73 Å². The second-order valence-corrected chi connectivity index (χ2v) is 5.72. The van der Waals surface area contributed by atoms with Crippen molar-refractivity contribution in [2.45, 2.75) is 58.5 Å². The number of hydrogen-bond acceptors (Lipinski definition) is 2. The molecule has 0 aromatic carbocycles. The highest BCUT2D eigenvalue weighted by Gasteiger charge is 2.18. The molecule has 3 nitrogen and oxygen atoms in total. The summed E-state index contributed by atoms with van der Waals surface area (Å²) < 4.78 is 2.25. The smallest absolute Gasteiger partial charge is 0.0948 e. The van der Waals surface area contributed by atoms with Crippen LogP contribution in [0.5, 0.6) is 0 Å². The van der Waals surface area contributed by atoms with E-state index in [1.54, 1.807) is 0 Å². The van der Waals surface area contributed by atoms with Crippen LogP contribution >= 0.6 is 0 Å². The quantitative estimate of drug-likeness (QED) is 0.852. The van der Waals surface area contributed by atoms with E-state index in [4.69, 9.17) is 5.73 Å². The summed E-state index contributed by atoms with van der Waals surface area (Å²) in [5, 5.41) is 0. The van der Waals surface area contributed by atoms with E-state index < -0.39 is 0 Å². The number of aryl methyl sites for hydroxylation is 1. The maximum atomic E-state index is 6.21. The summed E-state index contributed by atoms with van der Waals surface area (Å²) in [4.78, 5) is 4.25. The third-order valence-corrected chi connectivity index (χ3v) is 4.06. The van der Waals surface area contributed by atoms with Gasteiger partial charge in [-0.05, 0) is 18.3 Å². The minimum absolute atomic E-state index is 0.112. The van der Waals surface area contributed by atoms with E-state index in [9.17, 15) is 0 Å².